The number of fused-ring (bicyclic) bond motifs is 1. The third kappa shape index (κ3) is 2.34. The molecule has 3 aromatic rings. The van der Waals surface area contributed by atoms with Gasteiger partial charge in [0.15, 0.2) is 0 Å². The van der Waals surface area contributed by atoms with E-state index in [9.17, 15) is 9.90 Å². The smallest absolute Gasteiger partial charge is 0.0598 e. The largest absolute Gasteiger partial charge is 0.550 e. The number of H-pyrrole nitrogens is 1. The van der Waals surface area contributed by atoms with Gasteiger partial charge in [0.1, 0.15) is 0 Å². The second kappa shape index (κ2) is 5.13. The molecule has 0 aliphatic heterocycles. The molecule has 1 aromatic carbocycles. The Bertz CT molecular complexity index is 756. The molecular formula is C16H14NO2S-. The number of aryl methyl sites for hydroxylation is 2. The van der Waals surface area contributed by atoms with Gasteiger partial charge in [-0.25, -0.2) is 0 Å². The monoisotopic (exact) mass is 284 g/mol. The normalized spacial score (nSPS) is 11.1. The van der Waals surface area contributed by atoms with Gasteiger partial charge in [0.2, 0.25) is 0 Å². The minimum absolute atomic E-state index is 0.0409. The van der Waals surface area contributed by atoms with E-state index in [2.05, 4.69) is 17.1 Å². The number of hydrogen-bond acceptors (Lipinski definition) is 3. The van der Waals surface area contributed by atoms with Gasteiger partial charge in [-0.1, -0.05) is 17.7 Å². The molecule has 0 aliphatic carbocycles. The first-order valence-electron chi connectivity index (χ1n) is 6.50. The van der Waals surface area contributed by atoms with E-state index >= 15 is 0 Å². The van der Waals surface area contributed by atoms with Crippen molar-refractivity contribution in [3.05, 3.63) is 46.8 Å². The average Bonchev–Trinajstić information content (AvgIpc) is 3.02. The lowest BCUT2D eigenvalue weighted by atomic mass is 10.0. The first kappa shape index (κ1) is 12.9. The molecule has 4 heteroatoms. The highest BCUT2D eigenvalue weighted by molar-refractivity contribution is 7.13. The predicted molar refractivity (Wildman–Crippen MR) is 79.7 cm³/mol. The van der Waals surface area contributed by atoms with Crippen molar-refractivity contribution in [2.45, 2.75) is 19.8 Å². The zero-order valence-corrected chi connectivity index (χ0v) is 11.9. The fourth-order valence-electron chi connectivity index (χ4n) is 2.48. The molecule has 0 amide bonds. The van der Waals surface area contributed by atoms with Gasteiger partial charge >= 0.3 is 0 Å². The molecule has 0 atom stereocenters. The van der Waals surface area contributed by atoms with Crippen molar-refractivity contribution < 1.29 is 9.90 Å². The quantitative estimate of drug-likeness (QED) is 0.801. The Morgan fingerprint density at radius 2 is 2.20 bits per heavy atom. The Morgan fingerprint density at radius 1 is 1.35 bits per heavy atom. The van der Waals surface area contributed by atoms with Gasteiger partial charge in [-0.3, -0.25) is 0 Å². The van der Waals surface area contributed by atoms with Crippen LogP contribution in [0.4, 0.5) is 0 Å². The molecule has 0 saturated heterocycles. The highest BCUT2D eigenvalue weighted by Gasteiger charge is 2.13. The number of nitrogens with one attached hydrogen (secondary N) is 1. The fourth-order valence-corrected chi connectivity index (χ4v) is 3.23. The van der Waals surface area contributed by atoms with Gasteiger partial charge in [-0.2, -0.15) is 0 Å². The number of carboxylic acids is 1. The Hall–Kier alpha value is -2.07. The summed E-state index contributed by atoms with van der Waals surface area (Å²) in [6.07, 6.45) is 0.526. The number of carboxylic acid groups (broad SMARTS) is 1. The third-order valence-electron chi connectivity index (χ3n) is 3.41. The molecule has 2 heterocycles. The number of aliphatic carboxylic acids is 1. The van der Waals surface area contributed by atoms with Crippen LogP contribution >= 0.6 is 11.3 Å². The predicted octanol–water partition coefficient (Wildman–Crippen LogP) is 2.89. The summed E-state index contributed by atoms with van der Waals surface area (Å²) < 4.78 is 0. The summed E-state index contributed by atoms with van der Waals surface area (Å²) in [5.41, 5.74) is 4.31. The van der Waals surface area contributed by atoms with E-state index in [4.69, 9.17) is 0 Å². The first-order valence-corrected chi connectivity index (χ1v) is 7.38. The van der Waals surface area contributed by atoms with E-state index in [-0.39, 0.29) is 6.42 Å². The van der Waals surface area contributed by atoms with E-state index in [1.165, 1.54) is 5.56 Å². The summed E-state index contributed by atoms with van der Waals surface area (Å²) in [4.78, 5) is 15.3. The van der Waals surface area contributed by atoms with Crippen molar-refractivity contribution >= 4 is 28.2 Å². The highest BCUT2D eigenvalue weighted by Crippen LogP contribution is 2.34. The van der Waals surface area contributed by atoms with E-state index in [0.717, 1.165) is 27.0 Å². The number of rotatable bonds is 4. The lowest BCUT2D eigenvalue weighted by Gasteiger charge is -2.05. The molecule has 3 nitrogen and oxygen atoms in total. The van der Waals surface area contributed by atoms with Gasteiger partial charge in [-0.15, -0.1) is 11.3 Å². The summed E-state index contributed by atoms with van der Waals surface area (Å²) in [5.74, 6) is -1.01. The molecule has 20 heavy (non-hydrogen) atoms. The second-order valence-corrected chi connectivity index (χ2v) is 5.82. The van der Waals surface area contributed by atoms with Gasteiger partial charge in [0.25, 0.3) is 0 Å². The third-order valence-corrected chi connectivity index (χ3v) is 4.30. The van der Waals surface area contributed by atoms with Crippen LogP contribution in [0.3, 0.4) is 0 Å². The molecule has 0 aliphatic rings. The number of thiophene rings is 1. The molecule has 102 valence electrons. The summed E-state index contributed by atoms with van der Waals surface area (Å²) in [5, 5.41) is 13.9. The van der Waals surface area contributed by atoms with E-state index in [0.29, 0.717) is 6.42 Å². The molecule has 0 spiro atoms. The minimum atomic E-state index is -1.01. The first-order chi connectivity index (χ1) is 9.65. The fraction of sp³-hybridized carbons (Fsp3) is 0.188. The Kier molecular flexibility index (Phi) is 3.32. The molecule has 0 fully saturated rings. The SMILES string of the molecule is Cc1ccc2[nH]c(-c3cccs3)c(CCC(=O)[O-])c2c1. The van der Waals surface area contributed by atoms with E-state index < -0.39 is 5.97 Å². The second-order valence-electron chi connectivity index (χ2n) is 4.88. The summed E-state index contributed by atoms with van der Waals surface area (Å²) in [6, 6.07) is 10.3. The van der Waals surface area contributed by atoms with Gasteiger partial charge < -0.3 is 14.9 Å². The van der Waals surface area contributed by atoms with Crippen LogP contribution in [-0.2, 0) is 11.2 Å². The number of carbonyl (C=O) groups is 1. The topological polar surface area (TPSA) is 55.9 Å². The maximum Gasteiger partial charge on any atom is 0.0598 e. The van der Waals surface area contributed by atoms with Crippen molar-refractivity contribution in [2.24, 2.45) is 0 Å². The lowest BCUT2D eigenvalue weighted by Crippen LogP contribution is -2.22. The standard InChI is InChI=1S/C16H15NO2S/c1-10-4-6-13-12(9-10)11(5-7-15(18)19)16(17-13)14-3-2-8-20-14/h2-4,6,8-9,17H,5,7H2,1H3,(H,18,19)/p-1. The van der Waals surface area contributed by atoms with Crippen LogP contribution in [0.25, 0.3) is 21.5 Å². The molecule has 1 N–H and O–H groups in total. The van der Waals surface area contributed by atoms with Crippen molar-refractivity contribution in [1.29, 1.82) is 0 Å². The van der Waals surface area contributed by atoms with E-state index in [1.54, 1.807) is 11.3 Å². The van der Waals surface area contributed by atoms with Crippen LogP contribution in [0, 0.1) is 6.92 Å². The van der Waals surface area contributed by atoms with Gasteiger partial charge in [0, 0.05) is 16.9 Å². The molecule has 0 unspecified atom stereocenters. The Labute approximate surface area is 120 Å². The van der Waals surface area contributed by atoms with Crippen LogP contribution in [0.5, 0.6) is 0 Å². The van der Waals surface area contributed by atoms with Crippen molar-refractivity contribution in [3.8, 4) is 10.6 Å². The zero-order chi connectivity index (χ0) is 14.1. The Morgan fingerprint density at radius 3 is 2.90 bits per heavy atom. The zero-order valence-electron chi connectivity index (χ0n) is 11.1. The molecule has 2 aromatic heterocycles. The summed E-state index contributed by atoms with van der Waals surface area (Å²) >= 11 is 1.65. The maximum atomic E-state index is 10.8. The van der Waals surface area contributed by atoms with Gasteiger partial charge in [-0.05, 0) is 48.9 Å². The van der Waals surface area contributed by atoms with Crippen LogP contribution in [-0.4, -0.2) is 11.0 Å². The van der Waals surface area contributed by atoms with Crippen molar-refractivity contribution in [3.63, 3.8) is 0 Å². The van der Waals surface area contributed by atoms with Crippen molar-refractivity contribution in [2.75, 3.05) is 0 Å². The van der Waals surface area contributed by atoms with E-state index in [1.807, 2.05) is 30.5 Å². The Balaban J connectivity index is 2.17. The molecule has 3 rings (SSSR count). The number of benzene rings is 1. The van der Waals surface area contributed by atoms with Crippen LogP contribution in [0.2, 0.25) is 0 Å². The number of hydrogen-bond donors (Lipinski definition) is 1. The summed E-state index contributed by atoms with van der Waals surface area (Å²) in [6.45, 7) is 2.04. The summed E-state index contributed by atoms with van der Waals surface area (Å²) in [7, 11) is 0. The lowest BCUT2D eigenvalue weighted by molar-refractivity contribution is -0.305. The minimum Gasteiger partial charge on any atom is -0.550 e. The average molecular weight is 284 g/mol. The molecule has 0 bridgehead atoms. The number of carbonyl (C=O) groups excluding carboxylic acids is 1. The van der Waals surface area contributed by atoms with Crippen LogP contribution in [0.15, 0.2) is 35.7 Å². The van der Waals surface area contributed by atoms with Crippen LogP contribution in [0.1, 0.15) is 17.5 Å². The number of aromatic nitrogens is 1. The molecule has 0 saturated carbocycles. The molecular weight excluding hydrogens is 270 g/mol. The number of aromatic amines is 1. The highest BCUT2D eigenvalue weighted by atomic mass is 32.1. The van der Waals surface area contributed by atoms with Gasteiger partial charge in [0.05, 0.1) is 10.6 Å². The maximum absolute atomic E-state index is 10.8. The van der Waals surface area contributed by atoms with Crippen LogP contribution < -0.4 is 5.11 Å². The van der Waals surface area contributed by atoms with Crippen molar-refractivity contribution in [1.82, 2.24) is 4.98 Å². The molecule has 0 radical (unpaired) electrons.